The molecule has 1 N–H and O–H groups in total. The Labute approximate surface area is 180 Å². The number of aryl methyl sites for hydroxylation is 1. The molecule has 9 nitrogen and oxygen atoms in total. The average Bonchev–Trinajstić information content (AvgIpc) is 2.75. The fourth-order valence-electron chi connectivity index (χ4n) is 2.57. The smallest absolute Gasteiger partial charge is 0.291 e. The van der Waals surface area contributed by atoms with Crippen LogP contribution >= 0.6 is 0 Å². The van der Waals surface area contributed by atoms with Gasteiger partial charge in [0.1, 0.15) is 17.3 Å². The van der Waals surface area contributed by atoms with Gasteiger partial charge in [-0.3, -0.25) is 9.59 Å². The molecule has 162 valence electrons. The van der Waals surface area contributed by atoms with E-state index in [1.54, 1.807) is 39.2 Å². The largest absolute Gasteiger partial charge is 0.491 e. The first-order chi connectivity index (χ1) is 14.8. The van der Waals surface area contributed by atoms with Gasteiger partial charge in [-0.05, 0) is 32.4 Å². The molecule has 1 atom stereocenters. The highest BCUT2D eigenvalue weighted by Crippen LogP contribution is 2.31. The van der Waals surface area contributed by atoms with Gasteiger partial charge in [0.15, 0.2) is 5.75 Å². The van der Waals surface area contributed by atoms with Crippen molar-refractivity contribution in [3.05, 3.63) is 58.5 Å². The summed E-state index contributed by atoms with van der Waals surface area (Å²) in [6, 6.07) is 5.26. The van der Waals surface area contributed by atoms with Gasteiger partial charge in [-0.25, -0.2) is 15.0 Å². The molecule has 2 heterocycles. The van der Waals surface area contributed by atoms with Gasteiger partial charge in [0.25, 0.3) is 11.5 Å². The van der Waals surface area contributed by atoms with Crippen LogP contribution in [-0.2, 0) is 0 Å². The Morgan fingerprint density at radius 3 is 2.35 bits per heavy atom. The number of H-pyrrole nitrogens is 1. The zero-order valence-corrected chi connectivity index (χ0v) is 18.2. The molecule has 1 aromatic carbocycles. The molecule has 1 amide bonds. The van der Waals surface area contributed by atoms with Gasteiger partial charge in [0.05, 0.1) is 18.5 Å². The molecule has 2 aromatic heterocycles. The summed E-state index contributed by atoms with van der Waals surface area (Å²) in [6.07, 6.45) is 5.20. The normalized spacial score (nSPS) is 11.6. The van der Waals surface area contributed by atoms with E-state index in [1.807, 2.05) is 13.8 Å². The number of hydrogen-bond acceptors (Lipinski definition) is 7. The van der Waals surface area contributed by atoms with Gasteiger partial charge in [-0.1, -0.05) is 6.92 Å². The molecule has 31 heavy (non-hydrogen) atoms. The molecule has 0 fully saturated rings. The third kappa shape index (κ3) is 5.44. The van der Waals surface area contributed by atoms with Crippen molar-refractivity contribution in [2.24, 2.45) is 0 Å². The Balaban J connectivity index is 1.94. The molecule has 1 unspecified atom stereocenters. The monoisotopic (exact) mass is 423 g/mol. The number of benzene rings is 1. The molecule has 9 heteroatoms. The van der Waals surface area contributed by atoms with Crippen LogP contribution in [0.1, 0.15) is 36.5 Å². The standard InChI is InChI=1S/C22H25N5O4/c1-6-14(3)30-16-7-15(19-23-10-13(2)21(28)26-19)8-17(9-16)31-18-11-24-20(25-12-18)22(29)27(4)5/h7-12,14H,6H2,1-5H3,(H,23,26,28). The van der Waals surface area contributed by atoms with Crippen LogP contribution in [-0.4, -0.2) is 50.9 Å². The Morgan fingerprint density at radius 2 is 1.74 bits per heavy atom. The Morgan fingerprint density at radius 1 is 1.06 bits per heavy atom. The van der Waals surface area contributed by atoms with E-state index in [0.29, 0.717) is 34.2 Å². The maximum Gasteiger partial charge on any atom is 0.291 e. The van der Waals surface area contributed by atoms with Gasteiger partial charge in [0, 0.05) is 37.5 Å². The predicted octanol–water partition coefficient (Wildman–Crippen LogP) is 3.21. The third-order valence-electron chi connectivity index (χ3n) is 4.50. The molecule has 0 saturated heterocycles. The van der Waals surface area contributed by atoms with Crippen LogP contribution in [0.5, 0.6) is 17.2 Å². The summed E-state index contributed by atoms with van der Waals surface area (Å²) in [5, 5.41) is 0. The number of carbonyl (C=O) groups excluding carboxylic acids is 1. The van der Waals surface area contributed by atoms with Gasteiger partial charge in [0.2, 0.25) is 5.82 Å². The minimum atomic E-state index is -0.299. The first kappa shape index (κ1) is 21.9. The minimum Gasteiger partial charge on any atom is -0.491 e. The fraction of sp³-hybridized carbons (Fsp3) is 0.318. The van der Waals surface area contributed by atoms with Gasteiger partial charge >= 0.3 is 0 Å². The number of hydrogen-bond donors (Lipinski definition) is 1. The van der Waals surface area contributed by atoms with Crippen molar-refractivity contribution < 1.29 is 14.3 Å². The predicted molar refractivity (Wildman–Crippen MR) is 116 cm³/mol. The number of aromatic nitrogens is 4. The molecule has 0 spiro atoms. The lowest BCUT2D eigenvalue weighted by Crippen LogP contribution is -2.23. The van der Waals surface area contributed by atoms with E-state index < -0.39 is 0 Å². The van der Waals surface area contributed by atoms with Crippen molar-refractivity contribution in [2.75, 3.05) is 14.1 Å². The Kier molecular flexibility index (Phi) is 6.64. The summed E-state index contributed by atoms with van der Waals surface area (Å²) in [7, 11) is 3.26. The Hall–Kier alpha value is -3.75. The van der Waals surface area contributed by atoms with Crippen molar-refractivity contribution in [3.63, 3.8) is 0 Å². The third-order valence-corrected chi connectivity index (χ3v) is 4.50. The second-order valence-corrected chi connectivity index (χ2v) is 7.32. The van der Waals surface area contributed by atoms with Crippen molar-refractivity contribution in [3.8, 4) is 28.6 Å². The minimum absolute atomic E-state index is 0.00668. The van der Waals surface area contributed by atoms with Crippen molar-refractivity contribution >= 4 is 5.91 Å². The zero-order chi connectivity index (χ0) is 22.5. The highest BCUT2D eigenvalue weighted by Gasteiger charge is 2.13. The highest BCUT2D eigenvalue weighted by atomic mass is 16.5. The van der Waals surface area contributed by atoms with E-state index in [4.69, 9.17) is 9.47 Å². The molecular formula is C22H25N5O4. The van der Waals surface area contributed by atoms with Gasteiger partial charge in [-0.15, -0.1) is 0 Å². The van der Waals surface area contributed by atoms with E-state index in [9.17, 15) is 9.59 Å². The van der Waals surface area contributed by atoms with E-state index in [2.05, 4.69) is 19.9 Å². The summed E-state index contributed by atoms with van der Waals surface area (Å²) < 4.78 is 11.8. The average molecular weight is 423 g/mol. The van der Waals surface area contributed by atoms with Crippen molar-refractivity contribution in [2.45, 2.75) is 33.3 Å². The van der Waals surface area contributed by atoms with E-state index in [-0.39, 0.29) is 23.4 Å². The molecule has 3 rings (SSSR count). The van der Waals surface area contributed by atoms with Crippen LogP contribution in [0, 0.1) is 6.92 Å². The van der Waals surface area contributed by atoms with Gasteiger partial charge in [-0.2, -0.15) is 0 Å². The topological polar surface area (TPSA) is 110 Å². The lowest BCUT2D eigenvalue weighted by Gasteiger charge is -2.15. The molecule has 0 saturated carbocycles. The summed E-state index contributed by atoms with van der Waals surface area (Å²) >= 11 is 0. The van der Waals surface area contributed by atoms with Gasteiger partial charge < -0.3 is 19.4 Å². The first-order valence-corrected chi connectivity index (χ1v) is 9.86. The van der Waals surface area contributed by atoms with Crippen LogP contribution in [0.4, 0.5) is 0 Å². The van der Waals surface area contributed by atoms with E-state index >= 15 is 0 Å². The molecule has 0 aliphatic heterocycles. The number of rotatable bonds is 7. The summed E-state index contributed by atoms with van der Waals surface area (Å²) in [5.74, 6) is 1.56. The SMILES string of the molecule is CCC(C)Oc1cc(Oc2cnc(C(=O)N(C)C)nc2)cc(-c2ncc(C)c(=O)[nH]2)c1. The number of nitrogens with one attached hydrogen (secondary N) is 1. The number of carbonyl (C=O) groups is 1. The maximum atomic E-state index is 12.0. The second-order valence-electron chi connectivity index (χ2n) is 7.32. The molecule has 0 bridgehead atoms. The number of ether oxygens (including phenoxy) is 2. The van der Waals surface area contributed by atoms with Crippen LogP contribution in [0.15, 0.2) is 41.6 Å². The van der Waals surface area contributed by atoms with Crippen molar-refractivity contribution in [1.29, 1.82) is 0 Å². The summed E-state index contributed by atoms with van der Waals surface area (Å²) in [5.41, 5.74) is 0.945. The van der Waals surface area contributed by atoms with Crippen LogP contribution < -0.4 is 15.0 Å². The zero-order valence-electron chi connectivity index (χ0n) is 18.2. The van der Waals surface area contributed by atoms with Crippen LogP contribution in [0.25, 0.3) is 11.4 Å². The van der Waals surface area contributed by atoms with Crippen LogP contribution in [0.2, 0.25) is 0 Å². The number of aromatic amines is 1. The van der Waals surface area contributed by atoms with E-state index in [0.717, 1.165) is 6.42 Å². The molecule has 3 aromatic rings. The molecule has 0 aliphatic rings. The quantitative estimate of drug-likeness (QED) is 0.621. The lowest BCUT2D eigenvalue weighted by atomic mass is 10.1. The van der Waals surface area contributed by atoms with E-state index in [1.165, 1.54) is 23.5 Å². The second kappa shape index (κ2) is 9.38. The van der Waals surface area contributed by atoms with Crippen molar-refractivity contribution in [1.82, 2.24) is 24.8 Å². The summed E-state index contributed by atoms with van der Waals surface area (Å²) in [4.78, 5) is 40.6. The Bertz CT molecular complexity index is 1130. The summed E-state index contributed by atoms with van der Waals surface area (Å²) in [6.45, 7) is 5.68. The molecule has 0 aliphatic carbocycles. The first-order valence-electron chi connectivity index (χ1n) is 9.86. The lowest BCUT2D eigenvalue weighted by molar-refractivity contribution is 0.0815. The maximum absolute atomic E-state index is 12.0. The fourth-order valence-corrected chi connectivity index (χ4v) is 2.57. The number of amides is 1. The number of nitrogens with zero attached hydrogens (tertiary/aromatic N) is 4. The molecular weight excluding hydrogens is 398 g/mol. The highest BCUT2D eigenvalue weighted by molar-refractivity contribution is 5.89. The van der Waals surface area contributed by atoms with Crippen LogP contribution in [0.3, 0.4) is 0 Å². The molecule has 0 radical (unpaired) electrons.